The van der Waals surface area contributed by atoms with E-state index in [2.05, 4.69) is 431 Å². The summed E-state index contributed by atoms with van der Waals surface area (Å²) in [5.41, 5.74) is 34.7. The molecular formula is C110H68N6. The van der Waals surface area contributed by atoms with Crippen molar-refractivity contribution >= 4 is 98.0 Å². The fraction of sp³-hybridized carbons (Fsp3) is 0. The smallest absolute Gasteiger partial charge is 0.160 e. The Morgan fingerprint density at radius 3 is 0.810 bits per heavy atom. The van der Waals surface area contributed by atoms with E-state index in [9.17, 15) is 0 Å². The molecule has 538 valence electrons. The molecule has 5 aromatic heterocycles. The predicted octanol–water partition coefficient (Wildman–Crippen LogP) is 29.0. The molecule has 0 saturated heterocycles. The van der Waals surface area contributed by atoms with Crippen molar-refractivity contribution in [3.05, 3.63) is 413 Å². The molecule has 6 nitrogen and oxygen atoms in total. The second-order valence-corrected chi connectivity index (χ2v) is 30.7. The second-order valence-electron chi connectivity index (χ2n) is 30.7. The van der Waals surface area contributed by atoms with Crippen LogP contribution in [0.4, 0.5) is 0 Å². The van der Waals surface area contributed by atoms with E-state index < -0.39 is 0 Å². The molecule has 0 atom stereocenters. The number of benzene rings is 18. The van der Waals surface area contributed by atoms with Crippen molar-refractivity contribution in [2.45, 2.75) is 0 Å². The average Bonchev–Trinajstić information content (AvgIpc) is 1.55. The first-order valence-electron chi connectivity index (χ1n) is 39.8. The number of hydrogen-bond donors (Lipinski definition) is 0. The van der Waals surface area contributed by atoms with Gasteiger partial charge in [0.05, 0.1) is 61.2 Å². The van der Waals surface area contributed by atoms with Crippen LogP contribution in [0.15, 0.2) is 413 Å². The van der Waals surface area contributed by atoms with Gasteiger partial charge in [-0.3, -0.25) is 0 Å². The molecule has 0 fully saturated rings. The Balaban J connectivity index is 0.645. The Labute approximate surface area is 668 Å². The highest BCUT2D eigenvalue weighted by Crippen LogP contribution is 2.53. The molecule has 0 amide bonds. The third kappa shape index (κ3) is 10.3. The lowest BCUT2D eigenvalue weighted by molar-refractivity contribution is 1.16. The zero-order chi connectivity index (χ0) is 76.1. The maximum Gasteiger partial charge on any atom is 0.160 e. The maximum atomic E-state index is 5.78. The predicted molar refractivity (Wildman–Crippen MR) is 485 cm³/mol. The number of para-hydroxylation sites is 2. The molecule has 116 heavy (non-hydrogen) atoms. The van der Waals surface area contributed by atoms with Crippen molar-refractivity contribution in [2.24, 2.45) is 0 Å². The molecule has 24 rings (SSSR count). The van der Waals surface area contributed by atoms with Crippen LogP contribution in [0.3, 0.4) is 0 Å². The maximum absolute atomic E-state index is 5.78. The van der Waals surface area contributed by atoms with Gasteiger partial charge in [0, 0.05) is 93.2 Å². The van der Waals surface area contributed by atoms with Crippen LogP contribution in [-0.4, -0.2) is 28.2 Å². The number of hydrogen-bond acceptors (Lipinski definition) is 2. The summed E-state index contributed by atoms with van der Waals surface area (Å²) < 4.78 is 9.75. The summed E-state index contributed by atoms with van der Waals surface area (Å²) in [7, 11) is 0. The molecule has 0 saturated carbocycles. The van der Waals surface area contributed by atoms with Gasteiger partial charge >= 0.3 is 0 Å². The standard InChI is InChI=1S/C110H68N6/c1-8-24-69(25-9-1)74-42-51-98-89(61-74)92-65-78(46-54-100(92)113(98)83-35-18-6-19-36-83)80-48-56-103-94(67-80)91-63-76(71-28-12-3-13-29-71)44-53-102(91)115(103)85-39-22-34-82(60-85)110-111-108(73-32-16-5-17-33-73)107-87-50-59-97(86-40-23-41-88(106(86)87)109(107)112-110)116-104-57-45-77(72-30-14-4-15-31-72)64-95(104)96-68-81(49-58-105(96)116)79-47-55-101-93(66-79)90-62-75(70-26-10-2-11-27-70)43-52-99(90)114(101)84-37-20-7-21-38-84/h1-68H. The molecule has 0 N–H and O–H groups in total. The van der Waals surface area contributed by atoms with Gasteiger partial charge in [-0.15, -0.1) is 0 Å². The summed E-state index contributed by atoms with van der Waals surface area (Å²) >= 11 is 0. The molecule has 1 aliphatic carbocycles. The van der Waals surface area contributed by atoms with E-state index in [1.54, 1.807) is 0 Å². The second kappa shape index (κ2) is 26.1. The van der Waals surface area contributed by atoms with E-state index in [0.29, 0.717) is 5.82 Å². The van der Waals surface area contributed by atoms with Gasteiger partial charge in [0.15, 0.2) is 5.82 Å². The fourth-order valence-corrected chi connectivity index (χ4v) is 18.9. The number of fused-ring (bicyclic) bond motifs is 15. The number of rotatable bonds is 12. The van der Waals surface area contributed by atoms with Crippen molar-refractivity contribution < 1.29 is 0 Å². The van der Waals surface area contributed by atoms with Crippen LogP contribution >= 0.6 is 0 Å². The summed E-state index contributed by atoms with van der Waals surface area (Å²) in [5.74, 6) is 0.661. The monoisotopic (exact) mass is 1470 g/mol. The van der Waals surface area contributed by atoms with Crippen LogP contribution in [0.5, 0.6) is 0 Å². The van der Waals surface area contributed by atoms with Gasteiger partial charge in [0.2, 0.25) is 0 Å². The zero-order valence-electron chi connectivity index (χ0n) is 62.9. The molecule has 6 heteroatoms. The van der Waals surface area contributed by atoms with Crippen molar-refractivity contribution in [3.63, 3.8) is 0 Å². The quantitative estimate of drug-likeness (QED) is 0.122. The highest BCUT2D eigenvalue weighted by molar-refractivity contribution is 6.22. The summed E-state index contributed by atoms with van der Waals surface area (Å²) in [6.45, 7) is 0. The van der Waals surface area contributed by atoms with Gasteiger partial charge in [-0.25, -0.2) is 9.97 Å². The minimum Gasteiger partial charge on any atom is -0.309 e. The molecule has 0 spiro atoms. The summed E-state index contributed by atoms with van der Waals surface area (Å²) in [5, 5.41) is 11.9. The molecule has 18 aromatic carbocycles. The van der Waals surface area contributed by atoms with Gasteiger partial charge in [0.1, 0.15) is 0 Å². The lowest BCUT2D eigenvalue weighted by atomic mass is 9.98. The van der Waals surface area contributed by atoms with Crippen molar-refractivity contribution in [1.29, 1.82) is 0 Å². The summed E-state index contributed by atoms with van der Waals surface area (Å²) in [4.78, 5) is 11.5. The van der Waals surface area contributed by atoms with E-state index in [1.165, 1.54) is 115 Å². The first kappa shape index (κ1) is 65.2. The third-order valence-corrected chi connectivity index (χ3v) is 24.3. The molecule has 0 radical (unpaired) electrons. The van der Waals surface area contributed by atoms with Crippen LogP contribution < -0.4 is 0 Å². The highest BCUT2D eigenvalue weighted by atomic mass is 15.0. The average molecular weight is 1470 g/mol. The van der Waals surface area contributed by atoms with E-state index in [0.717, 1.165) is 112 Å². The lowest BCUT2D eigenvalue weighted by Gasteiger charge is -2.15. The first-order chi connectivity index (χ1) is 57.5. The fourth-order valence-electron chi connectivity index (χ4n) is 18.9. The van der Waals surface area contributed by atoms with Crippen molar-refractivity contribution in [3.8, 4) is 135 Å². The van der Waals surface area contributed by atoms with Crippen LogP contribution in [0, 0.1) is 0 Å². The Bertz CT molecular complexity index is 7950. The van der Waals surface area contributed by atoms with E-state index in [4.69, 9.17) is 9.97 Å². The van der Waals surface area contributed by atoms with Gasteiger partial charge in [-0.05, 0) is 212 Å². The summed E-state index contributed by atoms with van der Waals surface area (Å²) in [6, 6.07) is 152. The van der Waals surface area contributed by atoms with Gasteiger partial charge < -0.3 is 18.3 Å². The van der Waals surface area contributed by atoms with Crippen LogP contribution in [0.25, 0.3) is 233 Å². The lowest BCUT2D eigenvalue weighted by Crippen LogP contribution is -1.99. The van der Waals surface area contributed by atoms with Gasteiger partial charge in [-0.2, -0.15) is 0 Å². The molecule has 1 aliphatic rings. The molecular weight excluding hydrogens is 1410 g/mol. The van der Waals surface area contributed by atoms with E-state index in [-0.39, 0.29) is 0 Å². The Hall–Kier alpha value is -15.5. The number of aromatic nitrogens is 6. The SMILES string of the molecule is c1ccc(-c2ccc3c(c2)c2cc(-c4ccc5c(c4)c4cc(-c6ccccc6)ccc4n5-c4cccc(-c5nc(-c6ccccc6)c6c(n5)-c5cccc7c(-n8c9ccc(-c%10ccccc%10)cc9c9cc(-c%10ccc%11c(c%10)c%10cc(-c%12ccccc%12)ccc%10n%11-c%10ccccc%10)ccc98)ccc-6c57)c4)ccc2n3-c2ccccc2)cc1. The van der Waals surface area contributed by atoms with Gasteiger partial charge in [-0.1, -0.05) is 273 Å². The van der Waals surface area contributed by atoms with Crippen LogP contribution in [0.2, 0.25) is 0 Å². The largest absolute Gasteiger partial charge is 0.309 e. The topological polar surface area (TPSA) is 45.5 Å². The van der Waals surface area contributed by atoms with Crippen LogP contribution in [-0.2, 0) is 0 Å². The Morgan fingerprint density at radius 1 is 0.164 bits per heavy atom. The summed E-state index contributed by atoms with van der Waals surface area (Å²) in [6.07, 6.45) is 0. The molecule has 0 unspecified atom stereocenters. The Morgan fingerprint density at radius 2 is 0.448 bits per heavy atom. The van der Waals surface area contributed by atoms with E-state index >= 15 is 0 Å². The normalized spacial score (nSPS) is 12.0. The molecule has 0 aliphatic heterocycles. The van der Waals surface area contributed by atoms with Crippen molar-refractivity contribution in [2.75, 3.05) is 0 Å². The van der Waals surface area contributed by atoms with Gasteiger partial charge in [0.25, 0.3) is 0 Å². The molecule has 23 aromatic rings. The number of nitrogens with zero attached hydrogens (tertiary/aromatic N) is 6. The Kier molecular flexibility index (Phi) is 14.7. The molecule has 5 heterocycles. The van der Waals surface area contributed by atoms with E-state index in [1.807, 2.05) is 0 Å². The highest BCUT2D eigenvalue weighted by Gasteiger charge is 2.31. The van der Waals surface area contributed by atoms with Crippen molar-refractivity contribution in [1.82, 2.24) is 28.2 Å². The minimum absolute atomic E-state index is 0.661. The van der Waals surface area contributed by atoms with Crippen LogP contribution in [0.1, 0.15) is 0 Å². The first-order valence-corrected chi connectivity index (χ1v) is 39.8. The zero-order valence-corrected chi connectivity index (χ0v) is 62.9. The molecule has 0 bridgehead atoms. The third-order valence-electron chi connectivity index (χ3n) is 24.3. The minimum atomic E-state index is 0.661.